The van der Waals surface area contributed by atoms with E-state index in [-0.39, 0.29) is 6.61 Å². The van der Waals surface area contributed by atoms with Crippen molar-refractivity contribution in [2.24, 2.45) is 5.73 Å². The van der Waals surface area contributed by atoms with Crippen molar-refractivity contribution in [2.75, 3.05) is 13.2 Å². The summed E-state index contributed by atoms with van der Waals surface area (Å²) in [5.74, 6) is 0.608. The van der Waals surface area contributed by atoms with Crippen LogP contribution < -0.4 is 10.5 Å². The molecule has 0 heterocycles. The summed E-state index contributed by atoms with van der Waals surface area (Å²) < 4.78 is 5.36. The summed E-state index contributed by atoms with van der Waals surface area (Å²) in [7, 11) is 0. The molecule has 0 aliphatic rings. The zero-order chi connectivity index (χ0) is 11.3. The third kappa shape index (κ3) is 2.92. The molecule has 0 aliphatic carbocycles. The van der Waals surface area contributed by atoms with E-state index in [9.17, 15) is 5.11 Å². The van der Waals surface area contributed by atoms with Crippen LogP contribution in [0.3, 0.4) is 0 Å². The molecule has 2 unspecified atom stereocenters. The molecule has 0 saturated carbocycles. The van der Waals surface area contributed by atoms with Gasteiger partial charge in [-0.3, -0.25) is 0 Å². The lowest BCUT2D eigenvalue weighted by molar-refractivity contribution is 0.106. The molecule has 4 nitrogen and oxygen atoms in total. The molecular weight excluding hydrogens is 194 g/mol. The predicted molar refractivity (Wildman–Crippen MR) is 57.6 cm³/mol. The summed E-state index contributed by atoms with van der Waals surface area (Å²) in [4.78, 5) is 0. The largest absolute Gasteiger partial charge is 0.493 e. The van der Waals surface area contributed by atoms with Gasteiger partial charge in [-0.15, -0.1) is 0 Å². The number of benzene rings is 1. The molecule has 1 rings (SSSR count). The van der Waals surface area contributed by atoms with Crippen LogP contribution in [-0.4, -0.2) is 29.5 Å². The maximum absolute atomic E-state index is 9.83. The number of aliphatic hydroxyl groups excluding tert-OH is 2. The van der Waals surface area contributed by atoms with E-state index < -0.39 is 12.1 Å². The summed E-state index contributed by atoms with van der Waals surface area (Å²) in [6.45, 7) is 2.13. The summed E-state index contributed by atoms with van der Waals surface area (Å²) in [5.41, 5.74) is 6.17. The van der Waals surface area contributed by atoms with Crippen LogP contribution in [0.2, 0.25) is 0 Å². The fraction of sp³-hybridized carbons (Fsp3) is 0.455. The lowest BCUT2D eigenvalue weighted by atomic mass is 10.0. The lowest BCUT2D eigenvalue weighted by Crippen LogP contribution is -2.32. The molecule has 0 radical (unpaired) electrons. The first kappa shape index (κ1) is 12.0. The van der Waals surface area contributed by atoms with Crippen LogP contribution in [0.1, 0.15) is 18.6 Å². The molecule has 1 aromatic carbocycles. The minimum absolute atomic E-state index is 0.262. The molecule has 0 amide bonds. The molecule has 2 atom stereocenters. The van der Waals surface area contributed by atoms with Crippen molar-refractivity contribution in [1.29, 1.82) is 0 Å². The van der Waals surface area contributed by atoms with Gasteiger partial charge in [-0.2, -0.15) is 0 Å². The van der Waals surface area contributed by atoms with Gasteiger partial charge in [0.25, 0.3) is 0 Å². The molecule has 0 aromatic heterocycles. The van der Waals surface area contributed by atoms with Crippen molar-refractivity contribution < 1.29 is 14.9 Å². The minimum Gasteiger partial charge on any atom is -0.493 e. The first-order valence-corrected chi connectivity index (χ1v) is 4.97. The smallest absolute Gasteiger partial charge is 0.125 e. The Morgan fingerprint density at radius 1 is 1.40 bits per heavy atom. The third-order valence-electron chi connectivity index (χ3n) is 2.15. The fourth-order valence-electron chi connectivity index (χ4n) is 1.34. The minimum atomic E-state index is -0.905. The van der Waals surface area contributed by atoms with Crippen molar-refractivity contribution >= 4 is 0 Å². The van der Waals surface area contributed by atoms with Gasteiger partial charge in [-0.25, -0.2) is 0 Å². The standard InChI is InChI=1S/C11H17NO3/c1-2-15-10-6-4-3-5-8(10)11(14)9(12)7-13/h3-6,9,11,13-14H,2,7,12H2,1H3. The summed E-state index contributed by atoms with van der Waals surface area (Å²) >= 11 is 0. The van der Waals surface area contributed by atoms with Crippen molar-refractivity contribution in [1.82, 2.24) is 0 Å². The molecule has 4 N–H and O–H groups in total. The van der Waals surface area contributed by atoms with E-state index >= 15 is 0 Å². The highest BCUT2D eigenvalue weighted by Crippen LogP contribution is 2.26. The van der Waals surface area contributed by atoms with Gasteiger partial charge in [0.1, 0.15) is 5.75 Å². The monoisotopic (exact) mass is 211 g/mol. The van der Waals surface area contributed by atoms with E-state index in [1.807, 2.05) is 13.0 Å². The van der Waals surface area contributed by atoms with E-state index in [0.29, 0.717) is 17.9 Å². The van der Waals surface area contributed by atoms with Crippen molar-refractivity contribution in [3.05, 3.63) is 29.8 Å². The van der Waals surface area contributed by atoms with Gasteiger partial charge in [-0.05, 0) is 13.0 Å². The molecule has 15 heavy (non-hydrogen) atoms. The van der Waals surface area contributed by atoms with Gasteiger partial charge in [0.15, 0.2) is 0 Å². The Bertz CT molecular complexity index is 304. The maximum atomic E-state index is 9.83. The van der Waals surface area contributed by atoms with Crippen LogP contribution >= 0.6 is 0 Å². The van der Waals surface area contributed by atoms with Gasteiger partial charge in [-0.1, -0.05) is 18.2 Å². The van der Waals surface area contributed by atoms with Gasteiger partial charge >= 0.3 is 0 Å². The Hall–Kier alpha value is -1.10. The predicted octanol–water partition coefficient (Wildman–Crippen LogP) is 0.438. The summed E-state index contributed by atoms with van der Waals surface area (Å²) in [5, 5.41) is 18.7. The van der Waals surface area contributed by atoms with Gasteiger partial charge in [0, 0.05) is 5.56 Å². The van der Waals surface area contributed by atoms with E-state index in [4.69, 9.17) is 15.6 Å². The zero-order valence-corrected chi connectivity index (χ0v) is 8.76. The third-order valence-corrected chi connectivity index (χ3v) is 2.15. The molecule has 0 bridgehead atoms. The highest BCUT2D eigenvalue weighted by molar-refractivity contribution is 5.35. The van der Waals surface area contributed by atoms with Gasteiger partial charge < -0.3 is 20.7 Å². The Balaban J connectivity index is 2.91. The quantitative estimate of drug-likeness (QED) is 0.660. The second-order valence-electron chi connectivity index (χ2n) is 3.26. The summed E-state index contributed by atoms with van der Waals surface area (Å²) in [6, 6.07) is 6.44. The van der Waals surface area contributed by atoms with Crippen LogP contribution in [0.25, 0.3) is 0 Å². The topological polar surface area (TPSA) is 75.7 Å². The number of hydrogen-bond donors (Lipinski definition) is 3. The molecule has 0 spiro atoms. The Morgan fingerprint density at radius 2 is 2.07 bits per heavy atom. The average molecular weight is 211 g/mol. The number of hydrogen-bond acceptors (Lipinski definition) is 4. The molecule has 0 saturated heterocycles. The molecule has 1 aromatic rings. The second kappa shape index (κ2) is 5.70. The molecule has 0 aliphatic heterocycles. The van der Waals surface area contributed by atoms with Crippen LogP contribution in [0.4, 0.5) is 0 Å². The molecular formula is C11H17NO3. The highest BCUT2D eigenvalue weighted by Gasteiger charge is 2.19. The normalized spacial score (nSPS) is 14.7. The summed E-state index contributed by atoms with van der Waals surface area (Å²) in [6.07, 6.45) is -0.905. The molecule has 0 fully saturated rings. The Kier molecular flexibility index (Phi) is 4.55. The van der Waals surface area contributed by atoms with Crippen LogP contribution in [-0.2, 0) is 0 Å². The molecule has 4 heteroatoms. The van der Waals surface area contributed by atoms with Gasteiger partial charge in [0.2, 0.25) is 0 Å². The van der Waals surface area contributed by atoms with E-state index in [2.05, 4.69) is 0 Å². The number of rotatable bonds is 5. The first-order valence-electron chi connectivity index (χ1n) is 4.97. The van der Waals surface area contributed by atoms with Crippen LogP contribution in [0.5, 0.6) is 5.75 Å². The fourth-order valence-corrected chi connectivity index (χ4v) is 1.34. The number of ether oxygens (including phenoxy) is 1. The van der Waals surface area contributed by atoms with Crippen molar-refractivity contribution in [2.45, 2.75) is 19.1 Å². The van der Waals surface area contributed by atoms with E-state index in [1.165, 1.54) is 0 Å². The van der Waals surface area contributed by atoms with Crippen molar-refractivity contribution in [3.63, 3.8) is 0 Å². The second-order valence-corrected chi connectivity index (χ2v) is 3.26. The van der Waals surface area contributed by atoms with E-state index in [0.717, 1.165) is 0 Å². The SMILES string of the molecule is CCOc1ccccc1C(O)C(N)CO. The maximum Gasteiger partial charge on any atom is 0.125 e. The highest BCUT2D eigenvalue weighted by atomic mass is 16.5. The van der Waals surface area contributed by atoms with Crippen LogP contribution in [0.15, 0.2) is 24.3 Å². The average Bonchev–Trinajstić information content (AvgIpc) is 2.28. The number of nitrogens with two attached hydrogens (primary N) is 1. The lowest BCUT2D eigenvalue weighted by Gasteiger charge is -2.19. The number of aliphatic hydroxyl groups is 2. The molecule has 84 valence electrons. The van der Waals surface area contributed by atoms with Crippen molar-refractivity contribution in [3.8, 4) is 5.75 Å². The first-order chi connectivity index (χ1) is 7.20. The zero-order valence-electron chi connectivity index (χ0n) is 8.76. The number of para-hydroxylation sites is 1. The Morgan fingerprint density at radius 3 is 2.67 bits per heavy atom. The Labute approximate surface area is 89.3 Å². The van der Waals surface area contributed by atoms with E-state index in [1.54, 1.807) is 18.2 Å². The van der Waals surface area contributed by atoms with Gasteiger partial charge in [0.05, 0.1) is 25.4 Å². The van der Waals surface area contributed by atoms with Crippen LogP contribution in [0, 0.1) is 0 Å².